The normalized spacial score (nSPS) is 15.4. The summed E-state index contributed by atoms with van der Waals surface area (Å²) in [5, 5.41) is 4.35. The summed E-state index contributed by atoms with van der Waals surface area (Å²) in [5.74, 6) is -0.343. The number of esters is 1. The van der Waals surface area contributed by atoms with Crippen LogP contribution in [-0.4, -0.2) is 61.9 Å². The van der Waals surface area contributed by atoms with Gasteiger partial charge >= 0.3 is 5.97 Å². The molecule has 2 aromatic rings. The van der Waals surface area contributed by atoms with E-state index in [4.69, 9.17) is 9.47 Å². The van der Waals surface area contributed by atoms with Gasteiger partial charge in [0.2, 0.25) is 0 Å². The van der Waals surface area contributed by atoms with Gasteiger partial charge in [-0.15, -0.1) is 0 Å². The lowest BCUT2D eigenvalue weighted by molar-refractivity contribution is 0.0398. The molecule has 128 valence electrons. The van der Waals surface area contributed by atoms with Gasteiger partial charge in [0, 0.05) is 37.8 Å². The lowest BCUT2D eigenvalue weighted by Gasteiger charge is -2.27. The molecule has 2 heterocycles. The molecule has 1 aromatic carbocycles. The molecule has 1 aliphatic heterocycles. The molecular formula is C18H23N3O3. The maximum Gasteiger partial charge on any atom is 0.341 e. The van der Waals surface area contributed by atoms with Crippen LogP contribution in [-0.2, 0) is 9.47 Å². The van der Waals surface area contributed by atoms with E-state index in [9.17, 15) is 4.79 Å². The highest BCUT2D eigenvalue weighted by Gasteiger charge is 2.17. The minimum absolute atomic E-state index is 0.343. The molecule has 0 spiro atoms. The first-order chi connectivity index (χ1) is 11.8. The van der Waals surface area contributed by atoms with Crippen LogP contribution in [0.15, 0.2) is 30.5 Å². The maximum atomic E-state index is 12.2. The predicted molar refractivity (Wildman–Crippen MR) is 93.4 cm³/mol. The zero-order valence-corrected chi connectivity index (χ0v) is 14.0. The molecule has 6 heteroatoms. The molecule has 3 rings (SSSR count). The van der Waals surface area contributed by atoms with Gasteiger partial charge in [0.1, 0.15) is 5.56 Å². The van der Waals surface area contributed by atoms with E-state index in [0.717, 1.165) is 56.0 Å². The molecule has 0 bridgehead atoms. The van der Waals surface area contributed by atoms with E-state index in [0.29, 0.717) is 12.2 Å². The van der Waals surface area contributed by atoms with Crippen molar-refractivity contribution in [1.29, 1.82) is 0 Å². The summed E-state index contributed by atoms with van der Waals surface area (Å²) in [6.45, 7) is 7.27. The Morgan fingerprint density at radius 3 is 2.92 bits per heavy atom. The summed E-state index contributed by atoms with van der Waals surface area (Å²) in [4.78, 5) is 19.0. The molecule has 1 aromatic heterocycles. The summed E-state index contributed by atoms with van der Waals surface area (Å²) in [6, 6.07) is 7.81. The SMILES string of the molecule is CCOC(=O)c1cnc2ccccc2c1NCCN1CCOCC1. The number of hydrogen-bond acceptors (Lipinski definition) is 6. The zero-order valence-electron chi connectivity index (χ0n) is 14.0. The van der Waals surface area contributed by atoms with Crippen LogP contribution in [0.1, 0.15) is 17.3 Å². The van der Waals surface area contributed by atoms with Crippen molar-refractivity contribution in [2.24, 2.45) is 0 Å². The van der Waals surface area contributed by atoms with E-state index in [1.807, 2.05) is 24.3 Å². The number of carbonyl (C=O) groups is 1. The standard InChI is InChI=1S/C18H23N3O3/c1-2-24-18(22)15-13-20-16-6-4-3-5-14(16)17(15)19-7-8-21-9-11-23-12-10-21/h3-6,13H,2,7-12H2,1H3,(H,19,20). The van der Waals surface area contributed by atoms with Crippen molar-refractivity contribution in [2.45, 2.75) is 6.92 Å². The summed E-state index contributed by atoms with van der Waals surface area (Å²) in [5.41, 5.74) is 2.14. The van der Waals surface area contributed by atoms with Crippen LogP contribution in [0.3, 0.4) is 0 Å². The minimum Gasteiger partial charge on any atom is -0.462 e. The highest BCUT2D eigenvalue weighted by atomic mass is 16.5. The molecule has 0 amide bonds. The van der Waals surface area contributed by atoms with Gasteiger partial charge < -0.3 is 14.8 Å². The average Bonchev–Trinajstić information content (AvgIpc) is 2.63. The van der Waals surface area contributed by atoms with E-state index in [1.54, 1.807) is 13.1 Å². The number of nitrogens with zero attached hydrogens (tertiary/aromatic N) is 2. The molecule has 0 radical (unpaired) electrons. The quantitative estimate of drug-likeness (QED) is 0.820. The van der Waals surface area contributed by atoms with Crippen LogP contribution in [0, 0.1) is 0 Å². The van der Waals surface area contributed by atoms with Crippen LogP contribution in [0.4, 0.5) is 5.69 Å². The van der Waals surface area contributed by atoms with Gasteiger partial charge in [-0.25, -0.2) is 4.79 Å². The van der Waals surface area contributed by atoms with Crippen molar-refractivity contribution in [2.75, 3.05) is 51.3 Å². The van der Waals surface area contributed by atoms with Crippen molar-refractivity contribution in [3.63, 3.8) is 0 Å². The maximum absolute atomic E-state index is 12.2. The first kappa shape index (κ1) is 16.7. The summed E-state index contributed by atoms with van der Waals surface area (Å²) >= 11 is 0. The van der Waals surface area contributed by atoms with E-state index in [2.05, 4.69) is 15.2 Å². The van der Waals surface area contributed by atoms with E-state index < -0.39 is 0 Å². The fourth-order valence-corrected chi connectivity index (χ4v) is 2.86. The largest absolute Gasteiger partial charge is 0.462 e. The van der Waals surface area contributed by atoms with Crippen LogP contribution in [0.25, 0.3) is 10.9 Å². The third-order valence-corrected chi connectivity index (χ3v) is 4.10. The Labute approximate surface area is 141 Å². The van der Waals surface area contributed by atoms with Crippen LogP contribution < -0.4 is 5.32 Å². The molecule has 0 saturated carbocycles. The third kappa shape index (κ3) is 3.83. The topological polar surface area (TPSA) is 63.7 Å². The van der Waals surface area contributed by atoms with Gasteiger partial charge in [0.15, 0.2) is 0 Å². The fraction of sp³-hybridized carbons (Fsp3) is 0.444. The number of aromatic nitrogens is 1. The number of pyridine rings is 1. The smallest absolute Gasteiger partial charge is 0.341 e. The van der Waals surface area contributed by atoms with E-state index in [1.165, 1.54) is 0 Å². The fourth-order valence-electron chi connectivity index (χ4n) is 2.86. The molecular weight excluding hydrogens is 306 g/mol. The molecule has 1 N–H and O–H groups in total. The second-order valence-electron chi connectivity index (χ2n) is 5.67. The number of nitrogens with one attached hydrogen (secondary N) is 1. The number of hydrogen-bond donors (Lipinski definition) is 1. The molecule has 1 aliphatic rings. The highest BCUT2D eigenvalue weighted by Crippen LogP contribution is 2.26. The van der Waals surface area contributed by atoms with Gasteiger partial charge in [-0.2, -0.15) is 0 Å². The summed E-state index contributed by atoms with van der Waals surface area (Å²) in [6.07, 6.45) is 1.59. The number of morpholine rings is 1. The van der Waals surface area contributed by atoms with Crippen molar-refractivity contribution in [3.05, 3.63) is 36.0 Å². The second kappa shape index (κ2) is 8.08. The first-order valence-electron chi connectivity index (χ1n) is 8.38. The van der Waals surface area contributed by atoms with Crippen molar-refractivity contribution in [3.8, 4) is 0 Å². The number of rotatable bonds is 6. The highest BCUT2D eigenvalue weighted by molar-refractivity contribution is 6.04. The van der Waals surface area contributed by atoms with Gasteiger partial charge in [-0.05, 0) is 13.0 Å². The van der Waals surface area contributed by atoms with E-state index in [-0.39, 0.29) is 5.97 Å². The molecule has 24 heavy (non-hydrogen) atoms. The lowest BCUT2D eigenvalue weighted by Crippen LogP contribution is -2.39. The Balaban J connectivity index is 1.80. The zero-order chi connectivity index (χ0) is 16.8. The number of anilines is 1. The monoisotopic (exact) mass is 329 g/mol. The van der Waals surface area contributed by atoms with Crippen molar-refractivity contribution < 1.29 is 14.3 Å². The third-order valence-electron chi connectivity index (χ3n) is 4.10. The number of fused-ring (bicyclic) bond motifs is 1. The molecule has 0 atom stereocenters. The van der Waals surface area contributed by atoms with Gasteiger partial charge in [0.05, 0.1) is 31.0 Å². The molecule has 0 aliphatic carbocycles. The number of para-hydroxylation sites is 1. The summed E-state index contributed by atoms with van der Waals surface area (Å²) < 4.78 is 10.5. The Bertz CT molecular complexity index is 699. The Kier molecular flexibility index (Phi) is 5.61. The average molecular weight is 329 g/mol. The Morgan fingerprint density at radius 1 is 1.33 bits per heavy atom. The van der Waals surface area contributed by atoms with Crippen LogP contribution >= 0.6 is 0 Å². The minimum atomic E-state index is -0.343. The van der Waals surface area contributed by atoms with Crippen LogP contribution in [0.2, 0.25) is 0 Å². The predicted octanol–water partition coefficient (Wildman–Crippen LogP) is 2.16. The first-order valence-corrected chi connectivity index (χ1v) is 8.38. The van der Waals surface area contributed by atoms with Gasteiger partial charge in [-0.1, -0.05) is 18.2 Å². The van der Waals surface area contributed by atoms with Crippen molar-refractivity contribution >= 4 is 22.6 Å². The Hall–Kier alpha value is -2.18. The van der Waals surface area contributed by atoms with Gasteiger partial charge in [-0.3, -0.25) is 9.88 Å². The lowest BCUT2D eigenvalue weighted by atomic mass is 10.1. The second-order valence-corrected chi connectivity index (χ2v) is 5.67. The molecule has 1 fully saturated rings. The van der Waals surface area contributed by atoms with Crippen molar-refractivity contribution in [1.82, 2.24) is 9.88 Å². The Morgan fingerprint density at radius 2 is 2.12 bits per heavy atom. The van der Waals surface area contributed by atoms with E-state index >= 15 is 0 Å². The molecule has 0 unspecified atom stereocenters. The van der Waals surface area contributed by atoms with Crippen LogP contribution in [0.5, 0.6) is 0 Å². The number of carbonyl (C=O) groups excluding carboxylic acids is 1. The molecule has 1 saturated heterocycles. The number of benzene rings is 1. The number of ether oxygens (including phenoxy) is 2. The molecule has 6 nitrogen and oxygen atoms in total. The van der Waals surface area contributed by atoms with Gasteiger partial charge in [0.25, 0.3) is 0 Å². The summed E-state index contributed by atoms with van der Waals surface area (Å²) in [7, 11) is 0.